The molecule has 2 unspecified atom stereocenters. The molecule has 100 valence electrons. The first-order chi connectivity index (χ1) is 8.36. The zero-order valence-electron chi connectivity index (χ0n) is 11.8. The van der Waals surface area contributed by atoms with Gasteiger partial charge in [-0.3, -0.25) is 4.79 Å². The number of thiazole rings is 1. The van der Waals surface area contributed by atoms with E-state index in [9.17, 15) is 4.79 Å². The van der Waals surface area contributed by atoms with Gasteiger partial charge in [-0.1, -0.05) is 20.8 Å². The van der Waals surface area contributed by atoms with Crippen LogP contribution in [0.25, 0.3) is 0 Å². The summed E-state index contributed by atoms with van der Waals surface area (Å²) in [5.74, 6) is 1.36. The van der Waals surface area contributed by atoms with E-state index in [-0.39, 0.29) is 5.92 Å². The zero-order chi connectivity index (χ0) is 13.3. The molecule has 0 N–H and O–H groups in total. The Labute approximate surface area is 114 Å². The zero-order valence-corrected chi connectivity index (χ0v) is 12.6. The van der Waals surface area contributed by atoms with Crippen LogP contribution < -0.4 is 0 Å². The van der Waals surface area contributed by atoms with Crippen LogP contribution in [0.1, 0.15) is 49.9 Å². The fourth-order valence-electron chi connectivity index (χ4n) is 2.84. The number of carbonyl (C=O) groups excluding carboxylic acids is 1. The van der Waals surface area contributed by atoms with E-state index in [4.69, 9.17) is 0 Å². The number of aromatic nitrogens is 1. The summed E-state index contributed by atoms with van der Waals surface area (Å²) in [6.07, 6.45) is 5.73. The Morgan fingerprint density at radius 3 is 2.72 bits per heavy atom. The van der Waals surface area contributed by atoms with Gasteiger partial charge in [-0.2, -0.15) is 0 Å². The fraction of sp³-hybridized carbons (Fsp3) is 0.733. The molecule has 0 radical (unpaired) electrons. The summed E-state index contributed by atoms with van der Waals surface area (Å²) in [6, 6.07) is 0. The van der Waals surface area contributed by atoms with Gasteiger partial charge in [-0.15, -0.1) is 11.3 Å². The molecule has 0 aliphatic heterocycles. The minimum Gasteiger partial charge on any atom is -0.299 e. The van der Waals surface area contributed by atoms with E-state index in [1.54, 1.807) is 11.3 Å². The smallest absolute Gasteiger partial charge is 0.136 e. The first-order valence-electron chi connectivity index (χ1n) is 6.80. The summed E-state index contributed by atoms with van der Waals surface area (Å²) in [6.45, 7) is 8.90. The van der Waals surface area contributed by atoms with Gasteiger partial charge in [0, 0.05) is 23.4 Å². The van der Waals surface area contributed by atoms with Crippen LogP contribution >= 0.6 is 11.3 Å². The standard InChI is InChI=1S/C15H23NOS/c1-10-16-9-13(18-10)8-11-7-12(15(2,3)4)5-6-14(11)17/h9,11-12H,5-8H2,1-4H3. The second kappa shape index (κ2) is 5.12. The number of hydrogen-bond donors (Lipinski definition) is 0. The van der Waals surface area contributed by atoms with Gasteiger partial charge in [0.1, 0.15) is 5.78 Å². The van der Waals surface area contributed by atoms with Crippen molar-refractivity contribution in [1.29, 1.82) is 0 Å². The molecule has 1 heterocycles. The highest BCUT2D eigenvalue weighted by Crippen LogP contribution is 2.40. The van der Waals surface area contributed by atoms with Crippen molar-refractivity contribution in [1.82, 2.24) is 4.98 Å². The van der Waals surface area contributed by atoms with Crippen molar-refractivity contribution < 1.29 is 4.79 Å². The van der Waals surface area contributed by atoms with E-state index < -0.39 is 0 Å². The predicted octanol–water partition coefficient (Wildman–Crippen LogP) is 4.03. The molecule has 1 aromatic heterocycles. The van der Waals surface area contributed by atoms with Gasteiger partial charge in [-0.25, -0.2) is 4.98 Å². The molecule has 1 saturated carbocycles. The molecule has 0 bridgehead atoms. The Bertz CT molecular complexity index is 430. The maximum absolute atomic E-state index is 12.1. The van der Waals surface area contributed by atoms with E-state index in [1.807, 2.05) is 13.1 Å². The first kappa shape index (κ1) is 13.7. The third kappa shape index (κ3) is 3.19. The van der Waals surface area contributed by atoms with Crippen molar-refractivity contribution in [3.63, 3.8) is 0 Å². The monoisotopic (exact) mass is 265 g/mol. The second-order valence-corrected chi connectivity index (χ2v) is 7.87. The molecular weight excluding hydrogens is 242 g/mol. The van der Waals surface area contributed by atoms with Crippen molar-refractivity contribution in [2.45, 2.75) is 53.4 Å². The van der Waals surface area contributed by atoms with E-state index in [0.29, 0.717) is 17.1 Å². The summed E-state index contributed by atoms with van der Waals surface area (Å²) in [5.41, 5.74) is 0.322. The van der Waals surface area contributed by atoms with Gasteiger partial charge in [0.25, 0.3) is 0 Å². The van der Waals surface area contributed by atoms with Gasteiger partial charge in [-0.05, 0) is 37.5 Å². The molecule has 2 nitrogen and oxygen atoms in total. The van der Waals surface area contributed by atoms with Gasteiger partial charge < -0.3 is 0 Å². The van der Waals surface area contributed by atoms with Crippen LogP contribution in [0.15, 0.2) is 6.20 Å². The fourth-order valence-corrected chi connectivity index (χ4v) is 3.71. The highest BCUT2D eigenvalue weighted by atomic mass is 32.1. The summed E-state index contributed by atoms with van der Waals surface area (Å²) >= 11 is 1.73. The van der Waals surface area contributed by atoms with E-state index in [0.717, 1.165) is 30.7 Å². The Kier molecular flexibility index (Phi) is 3.90. The predicted molar refractivity (Wildman–Crippen MR) is 75.8 cm³/mol. The Morgan fingerprint density at radius 2 is 2.17 bits per heavy atom. The molecule has 1 aromatic rings. The molecule has 0 amide bonds. The SMILES string of the molecule is Cc1ncc(CC2CC(C(C)(C)C)CCC2=O)s1. The molecule has 1 aliphatic rings. The minimum atomic E-state index is 0.225. The van der Waals surface area contributed by atoms with Crippen LogP contribution in [-0.4, -0.2) is 10.8 Å². The Morgan fingerprint density at radius 1 is 1.44 bits per heavy atom. The van der Waals surface area contributed by atoms with Crippen LogP contribution in [0, 0.1) is 24.2 Å². The average molecular weight is 265 g/mol. The maximum atomic E-state index is 12.1. The lowest BCUT2D eigenvalue weighted by Crippen LogP contribution is -2.32. The average Bonchev–Trinajstić information content (AvgIpc) is 2.66. The summed E-state index contributed by atoms with van der Waals surface area (Å²) in [5, 5.41) is 1.10. The number of Topliss-reactive ketones (excluding diaryl/α,β-unsaturated/α-hetero) is 1. The van der Waals surface area contributed by atoms with E-state index in [1.165, 1.54) is 4.88 Å². The largest absolute Gasteiger partial charge is 0.299 e. The minimum absolute atomic E-state index is 0.225. The maximum Gasteiger partial charge on any atom is 0.136 e. The lowest BCUT2D eigenvalue weighted by molar-refractivity contribution is -0.126. The van der Waals surface area contributed by atoms with E-state index in [2.05, 4.69) is 25.8 Å². The van der Waals surface area contributed by atoms with Crippen molar-refractivity contribution in [3.8, 4) is 0 Å². The highest BCUT2D eigenvalue weighted by molar-refractivity contribution is 7.11. The molecule has 0 aromatic carbocycles. The molecule has 3 heteroatoms. The summed E-state index contributed by atoms with van der Waals surface area (Å²) in [4.78, 5) is 17.6. The van der Waals surface area contributed by atoms with Crippen LogP contribution in [0.4, 0.5) is 0 Å². The Balaban J connectivity index is 2.04. The van der Waals surface area contributed by atoms with Gasteiger partial charge in [0.15, 0.2) is 0 Å². The highest BCUT2D eigenvalue weighted by Gasteiger charge is 2.34. The molecule has 1 aliphatic carbocycles. The molecule has 18 heavy (non-hydrogen) atoms. The lowest BCUT2D eigenvalue weighted by atomic mass is 9.68. The molecular formula is C15H23NOS. The molecule has 0 spiro atoms. The van der Waals surface area contributed by atoms with Crippen molar-refractivity contribution in [3.05, 3.63) is 16.1 Å². The second-order valence-electron chi connectivity index (χ2n) is 6.55. The molecule has 2 atom stereocenters. The molecule has 1 fully saturated rings. The number of ketones is 1. The van der Waals surface area contributed by atoms with Gasteiger partial charge >= 0.3 is 0 Å². The number of nitrogens with zero attached hydrogens (tertiary/aromatic N) is 1. The van der Waals surface area contributed by atoms with Crippen LogP contribution in [0.2, 0.25) is 0 Å². The van der Waals surface area contributed by atoms with Crippen LogP contribution in [-0.2, 0) is 11.2 Å². The lowest BCUT2D eigenvalue weighted by Gasteiger charge is -2.36. The summed E-state index contributed by atoms with van der Waals surface area (Å²) < 4.78 is 0. The third-order valence-electron chi connectivity index (χ3n) is 4.11. The van der Waals surface area contributed by atoms with Crippen molar-refractivity contribution >= 4 is 17.1 Å². The van der Waals surface area contributed by atoms with Crippen molar-refractivity contribution in [2.75, 3.05) is 0 Å². The molecule has 0 saturated heterocycles. The first-order valence-corrected chi connectivity index (χ1v) is 7.62. The number of rotatable bonds is 2. The van der Waals surface area contributed by atoms with Gasteiger partial charge in [0.05, 0.1) is 5.01 Å². The Hall–Kier alpha value is -0.700. The quantitative estimate of drug-likeness (QED) is 0.808. The third-order valence-corrected chi connectivity index (χ3v) is 5.04. The topological polar surface area (TPSA) is 30.0 Å². The van der Waals surface area contributed by atoms with E-state index >= 15 is 0 Å². The van der Waals surface area contributed by atoms with Crippen LogP contribution in [0.5, 0.6) is 0 Å². The normalized spacial score (nSPS) is 25.4. The van der Waals surface area contributed by atoms with Gasteiger partial charge in [0.2, 0.25) is 0 Å². The van der Waals surface area contributed by atoms with Crippen LogP contribution in [0.3, 0.4) is 0 Å². The molecule has 2 rings (SSSR count). The van der Waals surface area contributed by atoms with Crippen molar-refractivity contribution in [2.24, 2.45) is 17.3 Å². The summed E-state index contributed by atoms with van der Waals surface area (Å²) in [7, 11) is 0. The number of carbonyl (C=O) groups is 1. The number of hydrogen-bond acceptors (Lipinski definition) is 3. The number of aryl methyl sites for hydroxylation is 1.